The van der Waals surface area contributed by atoms with Gasteiger partial charge >= 0.3 is 0 Å². The van der Waals surface area contributed by atoms with E-state index in [0.29, 0.717) is 33.6 Å². The number of hydrogen-bond acceptors (Lipinski definition) is 3. The normalized spacial score (nSPS) is 11.0. The number of hydrogen-bond donors (Lipinski definition) is 0. The average molecular weight is 425 g/mol. The molecule has 0 N–H and O–H groups in total. The molecule has 0 aliphatic heterocycles. The van der Waals surface area contributed by atoms with E-state index in [1.165, 1.54) is 0 Å². The van der Waals surface area contributed by atoms with Gasteiger partial charge in [0.1, 0.15) is 5.52 Å². The molecule has 4 nitrogen and oxygen atoms in total. The van der Waals surface area contributed by atoms with E-state index in [0.717, 1.165) is 16.6 Å². The fourth-order valence-corrected chi connectivity index (χ4v) is 3.56. The van der Waals surface area contributed by atoms with E-state index < -0.39 is 0 Å². The highest BCUT2D eigenvalue weighted by Gasteiger charge is 2.22. The van der Waals surface area contributed by atoms with E-state index in [9.17, 15) is 4.79 Å². The minimum Gasteiger partial charge on any atom is -0.439 e. The molecule has 0 spiro atoms. The molecular formula is C23H18Cl2N2O2. The Morgan fingerprint density at radius 3 is 2.45 bits per heavy atom. The number of aryl methyl sites for hydroxylation is 1. The van der Waals surface area contributed by atoms with Gasteiger partial charge in [-0.1, -0.05) is 59.6 Å². The van der Waals surface area contributed by atoms with Gasteiger partial charge in [0.25, 0.3) is 5.91 Å². The molecular weight excluding hydrogens is 407 g/mol. The molecule has 0 saturated carbocycles. The highest BCUT2D eigenvalue weighted by Crippen LogP contribution is 2.24. The molecule has 4 aromatic rings. The molecule has 146 valence electrons. The predicted octanol–water partition coefficient (Wildman–Crippen LogP) is 6.29. The molecule has 0 fully saturated rings. The molecule has 6 heteroatoms. The van der Waals surface area contributed by atoms with Crippen molar-refractivity contribution in [1.29, 1.82) is 0 Å². The van der Waals surface area contributed by atoms with Crippen LogP contribution in [0.15, 0.2) is 71.1 Å². The lowest BCUT2D eigenvalue weighted by Crippen LogP contribution is -2.30. The van der Waals surface area contributed by atoms with Crippen LogP contribution in [0, 0.1) is 6.92 Å². The summed E-state index contributed by atoms with van der Waals surface area (Å²) >= 11 is 12.6. The van der Waals surface area contributed by atoms with Crippen LogP contribution in [-0.4, -0.2) is 15.8 Å². The van der Waals surface area contributed by atoms with Crippen LogP contribution in [0.3, 0.4) is 0 Å². The van der Waals surface area contributed by atoms with Crippen molar-refractivity contribution in [2.75, 3.05) is 0 Å². The second kappa shape index (κ2) is 8.27. The number of nitrogens with zero attached hydrogens (tertiary/aromatic N) is 2. The molecule has 4 rings (SSSR count). The second-order valence-electron chi connectivity index (χ2n) is 6.81. The van der Waals surface area contributed by atoms with Crippen LogP contribution < -0.4 is 0 Å². The fraction of sp³-hybridized carbons (Fsp3) is 0.130. The first-order chi connectivity index (χ1) is 14.0. The van der Waals surface area contributed by atoms with Gasteiger partial charge in [0.2, 0.25) is 5.89 Å². The lowest BCUT2D eigenvalue weighted by Gasteiger charge is -2.22. The highest BCUT2D eigenvalue weighted by atomic mass is 35.5. The molecule has 0 radical (unpaired) electrons. The van der Waals surface area contributed by atoms with E-state index in [2.05, 4.69) is 4.98 Å². The largest absolute Gasteiger partial charge is 0.439 e. The first-order valence-electron chi connectivity index (χ1n) is 9.14. The highest BCUT2D eigenvalue weighted by molar-refractivity contribution is 6.33. The van der Waals surface area contributed by atoms with Crippen LogP contribution in [0.5, 0.6) is 0 Å². The van der Waals surface area contributed by atoms with Crippen LogP contribution in [0.2, 0.25) is 10.0 Å². The molecule has 0 unspecified atom stereocenters. The van der Waals surface area contributed by atoms with E-state index in [-0.39, 0.29) is 12.5 Å². The Labute approximate surface area is 178 Å². The van der Waals surface area contributed by atoms with Crippen molar-refractivity contribution in [2.45, 2.75) is 20.0 Å². The summed E-state index contributed by atoms with van der Waals surface area (Å²) in [7, 11) is 0. The maximum Gasteiger partial charge on any atom is 0.256 e. The Bertz CT molecular complexity index is 1190. The third-order valence-corrected chi connectivity index (χ3v) is 5.32. The number of carbonyl (C=O) groups excluding carboxylic acids is 1. The minimum atomic E-state index is -0.214. The number of halogens is 2. The summed E-state index contributed by atoms with van der Waals surface area (Å²) in [5, 5.41) is 0.993. The maximum atomic E-state index is 13.3. The van der Waals surface area contributed by atoms with Gasteiger partial charge in [-0.05, 0) is 48.4 Å². The maximum absolute atomic E-state index is 13.3. The second-order valence-corrected chi connectivity index (χ2v) is 7.63. The average Bonchev–Trinajstić information content (AvgIpc) is 3.10. The van der Waals surface area contributed by atoms with Crippen molar-refractivity contribution in [3.63, 3.8) is 0 Å². The molecule has 0 bridgehead atoms. The number of aromatic nitrogens is 1. The number of fused-ring (bicyclic) bond motifs is 1. The molecule has 1 heterocycles. The van der Waals surface area contributed by atoms with Crippen molar-refractivity contribution in [3.8, 4) is 0 Å². The van der Waals surface area contributed by atoms with E-state index in [1.54, 1.807) is 35.2 Å². The van der Waals surface area contributed by atoms with E-state index >= 15 is 0 Å². The van der Waals surface area contributed by atoms with Crippen molar-refractivity contribution in [1.82, 2.24) is 9.88 Å². The lowest BCUT2D eigenvalue weighted by molar-refractivity contribution is 0.0715. The summed E-state index contributed by atoms with van der Waals surface area (Å²) < 4.78 is 5.87. The topological polar surface area (TPSA) is 46.3 Å². The van der Waals surface area contributed by atoms with E-state index in [1.807, 2.05) is 43.3 Å². The minimum absolute atomic E-state index is 0.197. The summed E-state index contributed by atoms with van der Waals surface area (Å²) in [4.78, 5) is 19.5. The first-order valence-corrected chi connectivity index (χ1v) is 9.90. The van der Waals surface area contributed by atoms with E-state index in [4.69, 9.17) is 27.6 Å². The number of benzene rings is 3. The Morgan fingerprint density at radius 1 is 0.966 bits per heavy atom. The smallest absolute Gasteiger partial charge is 0.256 e. The number of oxazole rings is 1. The summed E-state index contributed by atoms with van der Waals surface area (Å²) in [6.45, 7) is 2.50. The van der Waals surface area contributed by atoms with Gasteiger partial charge < -0.3 is 9.32 Å². The van der Waals surface area contributed by atoms with Gasteiger partial charge in [0.15, 0.2) is 5.58 Å². The van der Waals surface area contributed by atoms with Crippen molar-refractivity contribution in [3.05, 3.63) is 99.4 Å². The molecule has 0 aliphatic carbocycles. The summed E-state index contributed by atoms with van der Waals surface area (Å²) in [6.07, 6.45) is 0. The zero-order chi connectivity index (χ0) is 20.4. The zero-order valence-corrected chi connectivity index (χ0v) is 17.2. The summed E-state index contributed by atoms with van der Waals surface area (Å²) in [6, 6.07) is 20.2. The van der Waals surface area contributed by atoms with Crippen molar-refractivity contribution < 1.29 is 9.21 Å². The SMILES string of the molecule is Cc1ccc2oc(CN(Cc3ccccc3Cl)C(=O)c3ccccc3Cl)nc2c1. The number of amides is 1. The monoisotopic (exact) mass is 424 g/mol. The summed E-state index contributed by atoms with van der Waals surface area (Å²) in [5.41, 5.74) is 3.81. The van der Waals surface area contributed by atoms with Gasteiger partial charge in [0.05, 0.1) is 17.1 Å². The molecule has 1 amide bonds. The van der Waals surface area contributed by atoms with Gasteiger partial charge in [-0.15, -0.1) is 0 Å². The van der Waals surface area contributed by atoms with Crippen LogP contribution in [0.25, 0.3) is 11.1 Å². The van der Waals surface area contributed by atoms with Crippen molar-refractivity contribution >= 4 is 40.2 Å². The third-order valence-electron chi connectivity index (χ3n) is 4.62. The lowest BCUT2D eigenvalue weighted by atomic mass is 10.1. The predicted molar refractivity (Wildman–Crippen MR) is 115 cm³/mol. The summed E-state index contributed by atoms with van der Waals surface area (Å²) in [5.74, 6) is 0.243. The molecule has 1 aromatic heterocycles. The van der Waals surface area contributed by atoms with Crippen LogP contribution in [0.1, 0.15) is 27.4 Å². The Balaban J connectivity index is 1.69. The van der Waals surface area contributed by atoms with Gasteiger partial charge in [-0.25, -0.2) is 4.98 Å². The fourth-order valence-electron chi connectivity index (χ4n) is 3.15. The molecule has 0 saturated heterocycles. The zero-order valence-electron chi connectivity index (χ0n) is 15.7. The standard InChI is InChI=1S/C23H18Cl2N2O2/c1-15-10-11-21-20(12-15)26-22(29-21)14-27(13-16-6-2-4-8-18(16)24)23(28)17-7-3-5-9-19(17)25/h2-12H,13-14H2,1H3. The first kappa shape index (κ1) is 19.5. The van der Waals surface area contributed by atoms with Gasteiger partial charge in [-0.2, -0.15) is 0 Å². The van der Waals surface area contributed by atoms with Gasteiger partial charge in [0, 0.05) is 11.6 Å². The van der Waals surface area contributed by atoms with Crippen LogP contribution in [-0.2, 0) is 13.1 Å². The Morgan fingerprint density at radius 2 is 1.69 bits per heavy atom. The molecule has 0 aliphatic rings. The molecule has 3 aromatic carbocycles. The Kier molecular flexibility index (Phi) is 5.56. The molecule has 0 atom stereocenters. The quantitative estimate of drug-likeness (QED) is 0.378. The van der Waals surface area contributed by atoms with Crippen LogP contribution >= 0.6 is 23.2 Å². The number of carbonyl (C=O) groups is 1. The Hall–Kier alpha value is -2.82. The van der Waals surface area contributed by atoms with Gasteiger partial charge in [-0.3, -0.25) is 4.79 Å². The molecule has 29 heavy (non-hydrogen) atoms. The third kappa shape index (κ3) is 4.29. The number of rotatable bonds is 5. The van der Waals surface area contributed by atoms with Crippen LogP contribution in [0.4, 0.5) is 0 Å². The van der Waals surface area contributed by atoms with Crippen molar-refractivity contribution in [2.24, 2.45) is 0 Å².